The van der Waals surface area contributed by atoms with Gasteiger partial charge in [0.15, 0.2) is 5.82 Å². The molecule has 4 heterocycles. The fraction of sp³-hybridized carbons (Fsp3) is 0.542. The molecule has 2 saturated heterocycles. The Bertz CT molecular complexity index is 1090. The van der Waals surface area contributed by atoms with Crippen LogP contribution in [0.25, 0.3) is 22.4 Å². The summed E-state index contributed by atoms with van der Waals surface area (Å²) in [7, 11) is 0. The molecule has 1 atom stereocenters. The van der Waals surface area contributed by atoms with Gasteiger partial charge < -0.3 is 19.5 Å². The van der Waals surface area contributed by atoms with Crippen LogP contribution in [0.15, 0.2) is 22.7 Å². The number of ether oxygens (including phenoxy) is 1. The Balaban J connectivity index is 1.44. The van der Waals surface area contributed by atoms with Crippen molar-refractivity contribution in [2.75, 3.05) is 31.2 Å². The fourth-order valence-corrected chi connectivity index (χ4v) is 4.77. The maximum Gasteiger partial charge on any atom is 0.261 e. The van der Waals surface area contributed by atoms with Gasteiger partial charge in [-0.05, 0) is 62.8 Å². The highest BCUT2D eigenvalue weighted by molar-refractivity contribution is 5.88. The molecule has 0 bridgehead atoms. The Morgan fingerprint density at radius 2 is 1.97 bits per heavy atom. The van der Waals surface area contributed by atoms with Gasteiger partial charge in [0, 0.05) is 37.2 Å². The first kappa shape index (κ1) is 21.3. The van der Waals surface area contributed by atoms with Crippen LogP contribution in [0, 0.1) is 12.7 Å². The summed E-state index contributed by atoms with van der Waals surface area (Å²) in [6.07, 6.45) is 5.05. The van der Waals surface area contributed by atoms with Crippen LogP contribution in [-0.2, 0) is 11.2 Å². The van der Waals surface area contributed by atoms with Crippen LogP contribution < -0.4 is 10.2 Å². The van der Waals surface area contributed by atoms with Gasteiger partial charge in [0.1, 0.15) is 17.2 Å². The van der Waals surface area contributed by atoms with Crippen LogP contribution in [0.2, 0.25) is 0 Å². The molecule has 2 aromatic heterocycles. The van der Waals surface area contributed by atoms with Crippen molar-refractivity contribution < 1.29 is 13.7 Å². The van der Waals surface area contributed by atoms with Crippen molar-refractivity contribution in [2.24, 2.45) is 0 Å². The molecule has 8 heteroatoms. The summed E-state index contributed by atoms with van der Waals surface area (Å²) in [5.74, 6) is 1.41. The summed E-state index contributed by atoms with van der Waals surface area (Å²) < 4.78 is 26.0. The number of nitrogens with zero attached hydrogens (tertiary/aromatic N) is 4. The van der Waals surface area contributed by atoms with Crippen molar-refractivity contribution in [3.8, 4) is 11.5 Å². The molecule has 0 spiro atoms. The number of fused-ring (bicyclic) bond motifs is 1. The van der Waals surface area contributed by atoms with Gasteiger partial charge in [0.25, 0.3) is 5.89 Å². The van der Waals surface area contributed by atoms with E-state index in [1.807, 2.05) is 19.1 Å². The molecule has 3 aromatic rings. The maximum absolute atomic E-state index is 14.9. The molecular formula is C24H30FN5O2. The summed E-state index contributed by atoms with van der Waals surface area (Å²) in [5.41, 5.74) is 2.09. The van der Waals surface area contributed by atoms with Gasteiger partial charge in [-0.3, -0.25) is 0 Å². The lowest BCUT2D eigenvalue weighted by Gasteiger charge is -2.36. The third-order valence-corrected chi connectivity index (χ3v) is 6.50. The van der Waals surface area contributed by atoms with E-state index in [-0.39, 0.29) is 5.82 Å². The van der Waals surface area contributed by atoms with Crippen LogP contribution in [0.4, 0.5) is 10.2 Å². The number of rotatable bonds is 5. The number of aryl methyl sites for hydroxylation is 2. The molecule has 32 heavy (non-hydrogen) atoms. The van der Waals surface area contributed by atoms with Crippen molar-refractivity contribution in [3.63, 3.8) is 0 Å². The van der Waals surface area contributed by atoms with Gasteiger partial charge in [0.2, 0.25) is 0 Å². The molecule has 2 aliphatic rings. The summed E-state index contributed by atoms with van der Waals surface area (Å²) in [4.78, 5) is 11.4. The zero-order valence-electron chi connectivity index (χ0n) is 18.7. The van der Waals surface area contributed by atoms with Crippen LogP contribution in [0.5, 0.6) is 0 Å². The first-order chi connectivity index (χ1) is 15.6. The van der Waals surface area contributed by atoms with Gasteiger partial charge in [-0.25, -0.2) is 9.37 Å². The topological polar surface area (TPSA) is 76.3 Å². The number of hydrogen-bond donors (Lipinski definition) is 1. The highest BCUT2D eigenvalue weighted by Gasteiger charge is 2.27. The van der Waals surface area contributed by atoms with Crippen LogP contribution >= 0.6 is 0 Å². The Morgan fingerprint density at radius 1 is 1.12 bits per heavy atom. The monoisotopic (exact) mass is 439 g/mol. The molecule has 1 N–H and O–H groups in total. The lowest BCUT2D eigenvalue weighted by molar-refractivity contribution is 0.0650. The average Bonchev–Trinajstić information content (AvgIpc) is 3.25. The van der Waals surface area contributed by atoms with Crippen LogP contribution in [0.3, 0.4) is 0 Å². The van der Waals surface area contributed by atoms with E-state index in [1.165, 1.54) is 6.42 Å². The van der Waals surface area contributed by atoms with Gasteiger partial charge in [-0.15, -0.1) is 0 Å². The summed E-state index contributed by atoms with van der Waals surface area (Å²) in [6.45, 7) is 7.14. The van der Waals surface area contributed by atoms with Gasteiger partial charge >= 0.3 is 0 Å². The van der Waals surface area contributed by atoms with E-state index in [0.717, 1.165) is 68.5 Å². The van der Waals surface area contributed by atoms with Crippen molar-refractivity contribution in [1.29, 1.82) is 0 Å². The Kier molecular flexibility index (Phi) is 6.06. The third-order valence-electron chi connectivity index (χ3n) is 6.50. The predicted octanol–water partition coefficient (Wildman–Crippen LogP) is 4.03. The fourth-order valence-electron chi connectivity index (χ4n) is 4.77. The van der Waals surface area contributed by atoms with E-state index in [2.05, 4.69) is 20.4 Å². The van der Waals surface area contributed by atoms with E-state index in [4.69, 9.17) is 14.2 Å². The van der Waals surface area contributed by atoms with Crippen molar-refractivity contribution in [2.45, 2.75) is 58.0 Å². The second kappa shape index (κ2) is 9.11. The second-order valence-electron chi connectivity index (χ2n) is 8.85. The average molecular weight is 440 g/mol. The van der Waals surface area contributed by atoms with Crippen LogP contribution in [-0.4, -0.2) is 53.5 Å². The Labute approximate surface area is 187 Å². The lowest BCUT2D eigenvalue weighted by Crippen LogP contribution is -2.48. The molecule has 0 amide bonds. The first-order valence-corrected chi connectivity index (χ1v) is 11.6. The zero-order valence-corrected chi connectivity index (χ0v) is 18.7. The SMILES string of the molecule is CCc1cc(F)c2nc(N3CCC(N[C@H]4CCCOC4)CC3)c(-c3nc(C)no3)cc2c1. The number of pyridine rings is 1. The summed E-state index contributed by atoms with van der Waals surface area (Å²) in [6, 6.07) is 6.41. The standard InChI is InChI=1S/C24H30FN5O2/c1-3-16-11-17-13-20(24-26-15(2)29-32-24)23(28-22(17)21(25)12-16)30-8-6-18(7-9-30)27-19-5-4-10-31-14-19/h11-13,18-19,27H,3-10,14H2,1-2H3/t19-/m0/s1. The number of hydrogen-bond acceptors (Lipinski definition) is 7. The Morgan fingerprint density at radius 3 is 2.66 bits per heavy atom. The predicted molar refractivity (Wildman–Crippen MR) is 121 cm³/mol. The van der Waals surface area contributed by atoms with E-state index < -0.39 is 0 Å². The zero-order chi connectivity index (χ0) is 22.1. The minimum Gasteiger partial charge on any atom is -0.380 e. The molecule has 0 radical (unpaired) electrons. The molecule has 1 aromatic carbocycles. The van der Waals surface area contributed by atoms with E-state index in [9.17, 15) is 4.39 Å². The van der Waals surface area contributed by atoms with Crippen molar-refractivity contribution in [3.05, 3.63) is 35.4 Å². The lowest BCUT2D eigenvalue weighted by atomic mass is 10.0. The molecule has 0 aliphatic carbocycles. The first-order valence-electron chi connectivity index (χ1n) is 11.6. The highest BCUT2D eigenvalue weighted by Crippen LogP contribution is 2.34. The molecule has 170 valence electrons. The number of aromatic nitrogens is 3. The molecule has 2 aliphatic heterocycles. The van der Waals surface area contributed by atoms with E-state index in [1.54, 1.807) is 13.0 Å². The normalized spacial score (nSPS) is 20.2. The van der Waals surface area contributed by atoms with Crippen molar-refractivity contribution in [1.82, 2.24) is 20.4 Å². The number of halogens is 1. The quantitative estimate of drug-likeness (QED) is 0.643. The third kappa shape index (κ3) is 4.34. The minimum atomic E-state index is -0.289. The number of benzene rings is 1. The summed E-state index contributed by atoms with van der Waals surface area (Å²) >= 11 is 0. The van der Waals surface area contributed by atoms with E-state index in [0.29, 0.717) is 35.1 Å². The molecule has 0 saturated carbocycles. The van der Waals surface area contributed by atoms with Gasteiger partial charge in [0.05, 0.1) is 12.2 Å². The molecule has 0 unspecified atom stereocenters. The molecule has 5 rings (SSSR count). The smallest absolute Gasteiger partial charge is 0.261 e. The molecule has 7 nitrogen and oxygen atoms in total. The minimum absolute atomic E-state index is 0.289. The van der Waals surface area contributed by atoms with E-state index >= 15 is 0 Å². The second-order valence-corrected chi connectivity index (χ2v) is 8.85. The van der Waals surface area contributed by atoms with Crippen LogP contribution in [0.1, 0.15) is 44.0 Å². The number of nitrogens with one attached hydrogen (secondary N) is 1. The van der Waals surface area contributed by atoms with Gasteiger partial charge in [-0.1, -0.05) is 12.1 Å². The Hall–Kier alpha value is -2.58. The van der Waals surface area contributed by atoms with Gasteiger partial charge in [-0.2, -0.15) is 4.98 Å². The number of piperidine rings is 1. The summed E-state index contributed by atoms with van der Waals surface area (Å²) in [5, 5.41) is 8.47. The largest absolute Gasteiger partial charge is 0.380 e. The molecule has 2 fully saturated rings. The number of anilines is 1. The molecular weight excluding hydrogens is 409 g/mol. The maximum atomic E-state index is 14.9. The highest BCUT2D eigenvalue weighted by atomic mass is 19.1. The van der Waals surface area contributed by atoms with Crippen molar-refractivity contribution >= 4 is 16.7 Å².